The van der Waals surface area contributed by atoms with Gasteiger partial charge in [-0.1, -0.05) is 41.2 Å². The summed E-state index contributed by atoms with van der Waals surface area (Å²) < 4.78 is 16.0. The molecule has 3 heterocycles. The molecule has 2 aliphatic rings. The summed E-state index contributed by atoms with van der Waals surface area (Å²) in [4.78, 5) is 44.7. The lowest BCUT2D eigenvalue weighted by atomic mass is 9.94. The third kappa shape index (κ3) is 3.89. The van der Waals surface area contributed by atoms with Gasteiger partial charge in [0, 0.05) is 5.56 Å². The van der Waals surface area contributed by atoms with Crippen LogP contribution in [0.4, 0.5) is 5.13 Å². The number of ketones is 1. The quantitative estimate of drug-likeness (QED) is 0.245. The third-order valence-corrected chi connectivity index (χ3v) is 7.15. The number of esters is 1. The van der Waals surface area contributed by atoms with Gasteiger partial charge < -0.3 is 19.3 Å². The summed E-state index contributed by atoms with van der Waals surface area (Å²) in [6.07, 6.45) is 0. The summed E-state index contributed by atoms with van der Waals surface area (Å²) in [5.41, 5.74) is 2.18. The Hall–Kier alpha value is -4.18. The lowest BCUT2D eigenvalue weighted by Gasteiger charge is -2.23. The Bertz CT molecular complexity index is 1420. The highest BCUT2D eigenvalue weighted by Gasteiger charge is 2.48. The van der Waals surface area contributed by atoms with Gasteiger partial charge in [0.15, 0.2) is 16.6 Å². The highest BCUT2D eigenvalue weighted by Crippen LogP contribution is 2.44. The van der Waals surface area contributed by atoms with Crippen molar-refractivity contribution >= 4 is 39.9 Å². The van der Waals surface area contributed by atoms with Crippen LogP contribution in [-0.2, 0) is 14.3 Å². The number of fused-ring (bicyclic) bond motifs is 1. The number of aryl methyl sites for hydroxylation is 2. The van der Waals surface area contributed by atoms with Gasteiger partial charge in [0.25, 0.3) is 5.78 Å². The molecule has 0 aliphatic carbocycles. The predicted octanol–water partition coefficient (Wildman–Crippen LogP) is 3.94. The minimum Gasteiger partial charge on any atom is -0.507 e. The monoisotopic (exact) mass is 506 g/mol. The van der Waals surface area contributed by atoms with Gasteiger partial charge in [-0.05, 0) is 37.6 Å². The molecule has 1 fully saturated rings. The van der Waals surface area contributed by atoms with E-state index in [2.05, 4.69) is 4.98 Å². The maximum absolute atomic E-state index is 13.3. The van der Waals surface area contributed by atoms with E-state index in [1.54, 1.807) is 37.3 Å². The van der Waals surface area contributed by atoms with E-state index >= 15 is 0 Å². The molecule has 1 unspecified atom stereocenters. The molecule has 9 nitrogen and oxygen atoms in total. The summed E-state index contributed by atoms with van der Waals surface area (Å²) in [6, 6.07) is 11.1. The Morgan fingerprint density at radius 1 is 1.08 bits per heavy atom. The first kappa shape index (κ1) is 23.6. The first-order valence-electron chi connectivity index (χ1n) is 11.1. The molecule has 36 heavy (non-hydrogen) atoms. The maximum atomic E-state index is 13.3. The van der Waals surface area contributed by atoms with Crippen molar-refractivity contribution in [3.8, 4) is 11.5 Å². The summed E-state index contributed by atoms with van der Waals surface area (Å²) in [5, 5.41) is 11.5. The highest BCUT2D eigenvalue weighted by atomic mass is 32.1. The predicted molar refractivity (Wildman–Crippen MR) is 132 cm³/mol. The Morgan fingerprint density at radius 3 is 2.47 bits per heavy atom. The maximum Gasteiger partial charge on any atom is 0.350 e. The average molecular weight is 507 g/mol. The van der Waals surface area contributed by atoms with Crippen LogP contribution < -0.4 is 14.4 Å². The number of anilines is 1. The van der Waals surface area contributed by atoms with Crippen LogP contribution >= 0.6 is 11.3 Å². The van der Waals surface area contributed by atoms with Crippen molar-refractivity contribution in [2.24, 2.45) is 0 Å². The Balaban J connectivity index is 1.68. The zero-order valence-corrected chi connectivity index (χ0v) is 20.5. The first-order valence-corrected chi connectivity index (χ1v) is 11.9. The number of amides is 1. The van der Waals surface area contributed by atoms with Crippen LogP contribution in [0.1, 0.15) is 38.1 Å². The number of carbonyl (C=O) groups is 3. The molecule has 2 aliphatic heterocycles. The number of hydrogen-bond acceptors (Lipinski definition) is 9. The van der Waals surface area contributed by atoms with Crippen LogP contribution in [0.2, 0.25) is 0 Å². The highest BCUT2D eigenvalue weighted by molar-refractivity contribution is 7.17. The second-order valence-corrected chi connectivity index (χ2v) is 9.32. The molecule has 1 atom stereocenters. The Morgan fingerprint density at radius 2 is 1.78 bits per heavy atom. The van der Waals surface area contributed by atoms with Crippen LogP contribution in [0.3, 0.4) is 0 Å². The summed E-state index contributed by atoms with van der Waals surface area (Å²) in [5.74, 6) is -1.69. The SMILES string of the molecule is COC(=O)c1sc(N2C(=O)C(=O)/C(=C(/O)c3ccc4c(c3)OCCO4)C2c2ccc(C)cc2)nc1C. The zero-order valence-electron chi connectivity index (χ0n) is 19.7. The van der Waals surface area contributed by atoms with Crippen LogP contribution in [0.25, 0.3) is 5.76 Å². The van der Waals surface area contributed by atoms with Gasteiger partial charge in [0.2, 0.25) is 0 Å². The average Bonchev–Trinajstić information content (AvgIpc) is 3.40. The summed E-state index contributed by atoms with van der Waals surface area (Å²) >= 11 is 0.951. The molecule has 10 heteroatoms. The van der Waals surface area contributed by atoms with Crippen molar-refractivity contribution in [2.75, 3.05) is 25.2 Å². The number of aliphatic hydroxyl groups is 1. The fraction of sp³-hybridized carbons (Fsp3) is 0.231. The van der Waals surface area contributed by atoms with E-state index in [1.165, 1.54) is 12.0 Å². The number of benzene rings is 2. The number of thiazole rings is 1. The number of nitrogens with zero attached hydrogens (tertiary/aromatic N) is 2. The molecule has 5 rings (SSSR count). The molecule has 1 amide bonds. The minimum atomic E-state index is -0.963. The standard InChI is InChI=1S/C26H22N2O7S/c1-13-4-6-15(7-5-13)20-19(21(29)16-8-9-17-18(12-16)35-11-10-34-17)22(30)24(31)28(20)26-27-14(2)23(36-26)25(32)33-3/h4-9,12,20,29H,10-11H2,1-3H3/b21-19+. The molecule has 184 valence electrons. The largest absolute Gasteiger partial charge is 0.507 e. The van der Waals surface area contributed by atoms with Crippen LogP contribution in [0, 0.1) is 13.8 Å². The van der Waals surface area contributed by atoms with E-state index in [1.807, 2.05) is 19.1 Å². The molecular formula is C26H22N2O7S. The van der Waals surface area contributed by atoms with E-state index in [0.717, 1.165) is 16.9 Å². The van der Waals surface area contributed by atoms with Crippen molar-refractivity contribution in [3.63, 3.8) is 0 Å². The van der Waals surface area contributed by atoms with Gasteiger partial charge in [0.1, 0.15) is 23.9 Å². The van der Waals surface area contributed by atoms with Gasteiger partial charge in [-0.25, -0.2) is 9.78 Å². The fourth-order valence-electron chi connectivity index (χ4n) is 4.21. The van der Waals surface area contributed by atoms with E-state index < -0.39 is 23.7 Å². The van der Waals surface area contributed by atoms with E-state index in [4.69, 9.17) is 14.2 Å². The summed E-state index contributed by atoms with van der Waals surface area (Å²) in [6.45, 7) is 4.32. The lowest BCUT2D eigenvalue weighted by molar-refractivity contribution is -0.132. The molecule has 0 saturated carbocycles. The molecule has 2 aromatic carbocycles. The fourth-order valence-corrected chi connectivity index (χ4v) is 5.22. The first-order chi connectivity index (χ1) is 17.3. The third-order valence-electron chi connectivity index (χ3n) is 6.02. The number of Topliss-reactive ketones (excluding diaryl/α,β-unsaturated/α-hetero) is 1. The molecule has 1 saturated heterocycles. The van der Waals surface area contributed by atoms with Crippen LogP contribution in [-0.4, -0.2) is 48.1 Å². The molecule has 1 N–H and O–H groups in total. The van der Waals surface area contributed by atoms with Gasteiger partial charge in [-0.15, -0.1) is 0 Å². The number of carbonyl (C=O) groups excluding carboxylic acids is 3. The van der Waals surface area contributed by atoms with Crippen molar-refractivity contribution < 1.29 is 33.7 Å². The molecular weight excluding hydrogens is 484 g/mol. The second kappa shape index (κ2) is 9.12. The van der Waals surface area contributed by atoms with Gasteiger partial charge in [-0.3, -0.25) is 14.5 Å². The van der Waals surface area contributed by atoms with Crippen molar-refractivity contribution in [1.29, 1.82) is 0 Å². The molecule has 0 radical (unpaired) electrons. The van der Waals surface area contributed by atoms with E-state index in [-0.39, 0.29) is 21.3 Å². The van der Waals surface area contributed by atoms with Crippen LogP contribution in [0.5, 0.6) is 11.5 Å². The van der Waals surface area contributed by atoms with Gasteiger partial charge in [0.05, 0.1) is 24.4 Å². The molecule has 0 bridgehead atoms. The number of hydrogen-bond donors (Lipinski definition) is 1. The number of methoxy groups -OCH3 is 1. The topological polar surface area (TPSA) is 115 Å². The number of aliphatic hydroxyl groups excluding tert-OH is 1. The van der Waals surface area contributed by atoms with Crippen molar-refractivity contribution in [2.45, 2.75) is 19.9 Å². The van der Waals surface area contributed by atoms with E-state index in [0.29, 0.717) is 41.5 Å². The number of rotatable bonds is 4. The van der Waals surface area contributed by atoms with Gasteiger partial charge >= 0.3 is 11.9 Å². The van der Waals surface area contributed by atoms with Crippen molar-refractivity contribution in [1.82, 2.24) is 4.98 Å². The number of aromatic nitrogens is 1. The smallest absolute Gasteiger partial charge is 0.350 e. The second-order valence-electron chi connectivity index (χ2n) is 8.34. The Kier molecular flexibility index (Phi) is 5.97. The van der Waals surface area contributed by atoms with E-state index in [9.17, 15) is 19.5 Å². The minimum absolute atomic E-state index is 0.0898. The normalized spacial score (nSPS) is 18.4. The lowest BCUT2D eigenvalue weighted by Crippen LogP contribution is -2.29. The van der Waals surface area contributed by atoms with Crippen LogP contribution in [0.15, 0.2) is 48.0 Å². The van der Waals surface area contributed by atoms with Crippen molar-refractivity contribution in [3.05, 3.63) is 75.3 Å². The Labute approximate surface area is 210 Å². The molecule has 0 spiro atoms. The summed E-state index contributed by atoms with van der Waals surface area (Å²) in [7, 11) is 1.26. The van der Waals surface area contributed by atoms with Gasteiger partial charge in [-0.2, -0.15) is 0 Å². The molecule has 3 aromatic rings. The zero-order chi connectivity index (χ0) is 25.6. The molecule has 1 aromatic heterocycles. The number of ether oxygens (including phenoxy) is 3.